The van der Waals surface area contributed by atoms with Crippen LogP contribution in [0, 0.1) is 0 Å². The number of hydrogen-bond donors (Lipinski definition) is 4. The fourth-order valence-corrected chi connectivity index (χ4v) is 5.19. The number of H-pyrrole nitrogens is 1. The van der Waals surface area contributed by atoms with Crippen LogP contribution in [0.3, 0.4) is 0 Å². The molecule has 1 aromatic rings. The minimum absolute atomic E-state index is 0.0448. The molecule has 1 aliphatic rings. The van der Waals surface area contributed by atoms with E-state index in [0.29, 0.717) is 38.9 Å². The average molecular weight is 533 g/mol. The number of amides is 3. The first-order chi connectivity index (χ1) is 18.6. The molecule has 3 amide bonds. The first-order valence-electron chi connectivity index (χ1n) is 15.1. The molecule has 1 fully saturated rings. The molecule has 2 heterocycles. The quantitative estimate of drug-likeness (QED) is 0.178. The number of aromatic amines is 1. The van der Waals surface area contributed by atoms with E-state index in [0.717, 1.165) is 25.0 Å². The third-order valence-electron chi connectivity index (χ3n) is 7.43. The fraction of sp³-hybridized carbons (Fsp3) is 0.793. The second-order valence-electron chi connectivity index (χ2n) is 10.7. The molecule has 216 valence electrons. The third-order valence-corrected chi connectivity index (χ3v) is 7.43. The molecule has 1 aliphatic heterocycles. The van der Waals surface area contributed by atoms with Crippen LogP contribution in [0.15, 0.2) is 12.5 Å². The van der Waals surface area contributed by atoms with Crippen molar-refractivity contribution in [1.82, 2.24) is 25.5 Å². The number of imidazole rings is 1. The van der Waals surface area contributed by atoms with Gasteiger partial charge < -0.3 is 26.3 Å². The molecule has 9 heteroatoms. The lowest BCUT2D eigenvalue weighted by Crippen LogP contribution is -2.54. The summed E-state index contributed by atoms with van der Waals surface area (Å²) in [6, 6.07) is -1.27. The van der Waals surface area contributed by atoms with Gasteiger partial charge in [0.25, 0.3) is 0 Å². The van der Waals surface area contributed by atoms with Gasteiger partial charge in [-0.25, -0.2) is 4.98 Å². The van der Waals surface area contributed by atoms with Gasteiger partial charge in [-0.3, -0.25) is 14.4 Å². The zero-order valence-electron chi connectivity index (χ0n) is 23.6. The van der Waals surface area contributed by atoms with E-state index in [4.69, 9.17) is 5.73 Å². The van der Waals surface area contributed by atoms with E-state index in [2.05, 4.69) is 27.5 Å². The summed E-state index contributed by atoms with van der Waals surface area (Å²) in [5.74, 6) is -0.515. The van der Waals surface area contributed by atoms with Crippen molar-refractivity contribution in [2.24, 2.45) is 5.73 Å². The normalized spacial score (nSPS) is 15.9. The molecule has 0 aliphatic carbocycles. The zero-order chi connectivity index (χ0) is 27.4. The van der Waals surface area contributed by atoms with Crippen molar-refractivity contribution >= 4 is 17.7 Å². The van der Waals surface area contributed by atoms with Gasteiger partial charge >= 0.3 is 0 Å². The van der Waals surface area contributed by atoms with Crippen molar-refractivity contribution in [3.63, 3.8) is 0 Å². The molecule has 1 saturated heterocycles. The number of nitrogens with one attached hydrogen (secondary N) is 3. The number of nitrogens with two attached hydrogens (primary N) is 1. The smallest absolute Gasteiger partial charge is 0.243 e. The summed E-state index contributed by atoms with van der Waals surface area (Å²) in [5, 5.41) is 5.62. The van der Waals surface area contributed by atoms with Crippen LogP contribution >= 0.6 is 0 Å². The minimum atomic E-state index is -0.756. The number of carbonyl (C=O) groups excluding carboxylic acids is 3. The lowest BCUT2D eigenvalue weighted by Gasteiger charge is -2.26. The van der Waals surface area contributed by atoms with Crippen LogP contribution in [0.5, 0.6) is 0 Å². The van der Waals surface area contributed by atoms with E-state index in [9.17, 15) is 14.4 Å². The zero-order valence-corrected chi connectivity index (χ0v) is 23.6. The van der Waals surface area contributed by atoms with Gasteiger partial charge in [0.15, 0.2) is 0 Å². The molecular formula is C29H52N6O3. The number of nitrogens with zero attached hydrogens (tertiary/aromatic N) is 2. The molecule has 0 aromatic carbocycles. The van der Waals surface area contributed by atoms with Crippen molar-refractivity contribution in [1.29, 1.82) is 0 Å². The van der Waals surface area contributed by atoms with Gasteiger partial charge in [0.2, 0.25) is 17.7 Å². The predicted molar refractivity (Wildman–Crippen MR) is 151 cm³/mol. The second-order valence-corrected chi connectivity index (χ2v) is 10.7. The summed E-state index contributed by atoms with van der Waals surface area (Å²) in [5.41, 5.74) is 6.26. The maximum absolute atomic E-state index is 13.1. The Morgan fingerprint density at radius 3 is 2.24 bits per heavy atom. The summed E-state index contributed by atoms with van der Waals surface area (Å²) >= 11 is 0. The fourth-order valence-electron chi connectivity index (χ4n) is 5.19. The molecule has 0 radical (unpaired) electrons. The van der Waals surface area contributed by atoms with E-state index in [1.54, 1.807) is 17.4 Å². The third kappa shape index (κ3) is 12.4. The Bertz CT molecular complexity index is 785. The van der Waals surface area contributed by atoms with E-state index in [1.165, 1.54) is 70.6 Å². The molecular weight excluding hydrogens is 480 g/mol. The standard InChI is InChI=1S/C29H52N6O3/c1-2-3-4-5-6-7-8-9-10-11-12-13-14-17-27(36)35-20-15-16-26(35)29(38)34-25(28(37)32-19-18-30)21-24-22-31-23-33-24/h22-23,25-26H,2-21,30H2,1H3,(H,31,33)(H,32,37)(H,34,38). The van der Waals surface area contributed by atoms with Crippen LogP contribution in [-0.2, 0) is 20.8 Å². The summed E-state index contributed by atoms with van der Waals surface area (Å²) in [6.45, 7) is 3.51. The maximum Gasteiger partial charge on any atom is 0.243 e. The molecule has 38 heavy (non-hydrogen) atoms. The van der Waals surface area contributed by atoms with Crippen molar-refractivity contribution in [2.45, 2.75) is 128 Å². The largest absolute Gasteiger partial charge is 0.353 e. The first kappa shape index (κ1) is 31.8. The van der Waals surface area contributed by atoms with E-state index in [1.807, 2.05) is 0 Å². The highest BCUT2D eigenvalue weighted by molar-refractivity contribution is 5.92. The molecule has 0 bridgehead atoms. The second kappa shape index (κ2) is 19.6. The van der Waals surface area contributed by atoms with Gasteiger partial charge in [0.1, 0.15) is 12.1 Å². The van der Waals surface area contributed by atoms with Crippen molar-refractivity contribution in [2.75, 3.05) is 19.6 Å². The lowest BCUT2D eigenvalue weighted by molar-refractivity contribution is -0.139. The number of hydrogen-bond acceptors (Lipinski definition) is 5. The van der Waals surface area contributed by atoms with Crippen LogP contribution in [0.1, 0.15) is 115 Å². The number of unbranched alkanes of at least 4 members (excludes halogenated alkanes) is 12. The van der Waals surface area contributed by atoms with Crippen molar-refractivity contribution in [3.05, 3.63) is 18.2 Å². The highest BCUT2D eigenvalue weighted by Crippen LogP contribution is 2.20. The Balaban J connectivity index is 1.66. The van der Waals surface area contributed by atoms with Gasteiger partial charge in [-0.2, -0.15) is 0 Å². The van der Waals surface area contributed by atoms with Crippen LogP contribution in [0.2, 0.25) is 0 Å². The molecule has 2 atom stereocenters. The van der Waals surface area contributed by atoms with Crippen LogP contribution < -0.4 is 16.4 Å². The van der Waals surface area contributed by atoms with Gasteiger partial charge in [-0.05, 0) is 19.3 Å². The SMILES string of the molecule is CCCCCCCCCCCCCCCC(=O)N1CCCC1C(=O)NC(Cc1cnc[nH]1)C(=O)NCCN. The van der Waals surface area contributed by atoms with Crippen molar-refractivity contribution in [3.8, 4) is 0 Å². The Labute approximate surface area is 229 Å². The van der Waals surface area contributed by atoms with Crippen LogP contribution in [-0.4, -0.2) is 64.3 Å². The van der Waals surface area contributed by atoms with Crippen LogP contribution in [0.4, 0.5) is 0 Å². The van der Waals surface area contributed by atoms with E-state index >= 15 is 0 Å². The number of carbonyl (C=O) groups is 3. The predicted octanol–water partition coefficient (Wildman–Crippen LogP) is 3.98. The topological polar surface area (TPSA) is 133 Å². The Morgan fingerprint density at radius 2 is 1.66 bits per heavy atom. The maximum atomic E-state index is 13.1. The highest BCUT2D eigenvalue weighted by Gasteiger charge is 2.35. The average Bonchev–Trinajstić information content (AvgIpc) is 3.62. The molecule has 5 N–H and O–H groups in total. The lowest BCUT2D eigenvalue weighted by atomic mass is 10.0. The summed E-state index contributed by atoms with van der Waals surface area (Å²) in [6.07, 6.45) is 21.9. The van der Waals surface area contributed by atoms with Gasteiger partial charge in [-0.15, -0.1) is 0 Å². The molecule has 2 unspecified atom stereocenters. The molecule has 1 aromatic heterocycles. The molecule has 0 saturated carbocycles. The van der Waals surface area contributed by atoms with Crippen molar-refractivity contribution < 1.29 is 14.4 Å². The first-order valence-corrected chi connectivity index (χ1v) is 15.1. The monoisotopic (exact) mass is 532 g/mol. The van der Waals surface area contributed by atoms with Crippen LogP contribution in [0.25, 0.3) is 0 Å². The summed E-state index contributed by atoms with van der Waals surface area (Å²) < 4.78 is 0. The highest BCUT2D eigenvalue weighted by atomic mass is 16.2. The minimum Gasteiger partial charge on any atom is -0.353 e. The Kier molecular flexibility index (Phi) is 16.4. The Hall–Kier alpha value is -2.42. The molecule has 9 nitrogen and oxygen atoms in total. The van der Waals surface area contributed by atoms with Gasteiger partial charge in [-0.1, -0.05) is 84.0 Å². The summed E-state index contributed by atoms with van der Waals surface area (Å²) in [7, 11) is 0. The number of aromatic nitrogens is 2. The number of rotatable bonds is 21. The molecule has 2 rings (SSSR count). The van der Waals surface area contributed by atoms with E-state index in [-0.39, 0.29) is 17.7 Å². The van der Waals surface area contributed by atoms with E-state index < -0.39 is 12.1 Å². The van der Waals surface area contributed by atoms with Gasteiger partial charge in [0.05, 0.1) is 6.33 Å². The summed E-state index contributed by atoms with van der Waals surface area (Å²) in [4.78, 5) is 47.4. The number of likely N-dealkylation sites (tertiary alicyclic amines) is 1. The van der Waals surface area contributed by atoms with Gasteiger partial charge in [0, 0.05) is 44.4 Å². The molecule has 0 spiro atoms. The Morgan fingerprint density at radius 1 is 1.03 bits per heavy atom.